The van der Waals surface area contributed by atoms with Gasteiger partial charge in [0, 0.05) is 6.61 Å². The van der Waals surface area contributed by atoms with Crippen LogP contribution in [0.15, 0.2) is 24.3 Å². The SMILES string of the molecule is CCOCC(=O)NCC#Cc1ccccc1F. The monoisotopic (exact) mass is 235 g/mol. The molecular weight excluding hydrogens is 221 g/mol. The van der Waals surface area contributed by atoms with Crippen molar-refractivity contribution in [3.63, 3.8) is 0 Å². The smallest absolute Gasteiger partial charge is 0.246 e. The molecule has 1 amide bonds. The molecule has 0 saturated carbocycles. The van der Waals surface area contributed by atoms with Crippen molar-refractivity contribution in [3.8, 4) is 11.8 Å². The van der Waals surface area contributed by atoms with Gasteiger partial charge in [-0.05, 0) is 19.1 Å². The normalized spacial score (nSPS) is 9.29. The highest BCUT2D eigenvalue weighted by Gasteiger charge is 1.97. The third-order valence-corrected chi connectivity index (χ3v) is 1.91. The standard InChI is InChI=1S/C13H14FNO2/c1-2-17-10-13(16)15-9-5-7-11-6-3-4-8-12(11)14/h3-4,6,8H,2,9-10H2,1H3,(H,15,16). The highest BCUT2D eigenvalue weighted by atomic mass is 19.1. The van der Waals surface area contributed by atoms with Crippen molar-refractivity contribution in [1.29, 1.82) is 0 Å². The Morgan fingerprint density at radius 3 is 2.94 bits per heavy atom. The van der Waals surface area contributed by atoms with Crippen LogP contribution in [0.2, 0.25) is 0 Å². The van der Waals surface area contributed by atoms with Crippen molar-refractivity contribution in [2.45, 2.75) is 6.92 Å². The summed E-state index contributed by atoms with van der Waals surface area (Å²) in [5.74, 6) is 4.73. The van der Waals surface area contributed by atoms with E-state index in [-0.39, 0.29) is 24.9 Å². The van der Waals surface area contributed by atoms with Crippen molar-refractivity contribution in [2.75, 3.05) is 19.8 Å². The maximum absolute atomic E-state index is 13.1. The van der Waals surface area contributed by atoms with E-state index in [1.807, 2.05) is 6.92 Å². The number of carbonyl (C=O) groups is 1. The van der Waals surface area contributed by atoms with Crippen molar-refractivity contribution < 1.29 is 13.9 Å². The molecule has 0 aliphatic rings. The molecule has 0 aliphatic heterocycles. The Bertz CT molecular complexity index is 435. The molecule has 0 unspecified atom stereocenters. The molecule has 0 spiro atoms. The molecule has 90 valence electrons. The summed E-state index contributed by atoms with van der Waals surface area (Å²) in [6.45, 7) is 2.51. The highest BCUT2D eigenvalue weighted by molar-refractivity contribution is 5.77. The van der Waals surface area contributed by atoms with Crippen LogP contribution in [0.3, 0.4) is 0 Å². The molecule has 4 heteroatoms. The van der Waals surface area contributed by atoms with Crippen LogP contribution in [0, 0.1) is 17.7 Å². The Labute approximate surface area is 100.0 Å². The van der Waals surface area contributed by atoms with E-state index in [2.05, 4.69) is 17.2 Å². The first-order valence-corrected chi connectivity index (χ1v) is 5.32. The van der Waals surface area contributed by atoms with Crippen LogP contribution in [-0.2, 0) is 9.53 Å². The second kappa shape index (κ2) is 7.42. The van der Waals surface area contributed by atoms with Gasteiger partial charge in [0.15, 0.2) is 0 Å². The molecular formula is C13H14FNO2. The van der Waals surface area contributed by atoms with Gasteiger partial charge in [-0.2, -0.15) is 0 Å². The van der Waals surface area contributed by atoms with Gasteiger partial charge >= 0.3 is 0 Å². The largest absolute Gasteiger partial charge is 0.372 e. The van der Waals surface area contributed by atoms with Gasteiger partial charge in [-0.25, -0.2) is 4.39 Å². The summed E-state index contributed by atoms with van der Waals surface area (Å²) < 4.78 is 18.0. The number of hydrogen-bond donors (Lipinski definition) is 1. The molecule has 0 bridgehead atoms. The average Bonchev–Trinajstić information content (AvgIpc) is 2.34. The molecule has 1 aromatic rings. The van der Waals surface area contributed by atoms with Gasteiger partial charge in [0.25, 0.3) is 0 Å². The fourth-order valence-electron chi connectivity index (χ4n) is 1.09. The number of benzene rings is 1. The number of carbonyl (C=O) groups excluding carboxylic acids is 1. The summed E-state index contributed by atoms with van der Waals surface area (Å²) >= 11 is 0. The van der Waals surface area contributed by atoms with Crippen molar-refractivity contribution >= 4 is 5.91 Å². The predicted octanol–water partition coefficient (Wildman–Crippen LogP) is 1.33. The number of rotatable bonds is 4. The molecule has 0 radical (unpaired) electrons. The Balaban J connectivity index is 2.37. The molecule has 0 atom stereocenters. The molecule has 1 rings (SSSR count). The molecule has 1 N–H and O–H groups in total. The lowest BCUT2D eigenvalue weighted by molar-refractivity contribution is -0.125. The van der Waals surface area contributed by atoms with E-state index in [0.29, 0.717) is 12.2 Å². The molecule has 0 fully saturated rings. The minimum absolute atomic E-state index is 0.0257. The number of hydrogen-bond acceptors (Lipinski definition) is 2. The molecule has 0 aromatic heterocycles. The van der Waals surface area contributed by atoms with E-state index in [9.17, 15) is 9.18 Å². The predicted molar refractivity (Wildman–Crippen MR) is 62.8 cm³/mol. The van der Waals surface area contributed by atoms with Crippen molar-refractivity contribution in [3.05, 3.63) is 35.6 Å². The summed E-state index contributed by atoms with van der Waals surface area (Å²) in [5.41, 5.74) is 0.326. The minimum Gasteiger partial charge on any atom is -0.372 e. The van der Waals surface area contributed by atoms with Crippen molar-refractivity contribution in [2.24, 2.45) is 0 Å². The first-order chi connectivity index (χ1) is 8.24. The summed E-state index contributed by atoms with van der Waals surface area (Å²) in [7, 11) is 0. The lowest BCUT2D eigenvalue weighted by atomic mass is 10.2. The summed E-state index contributed by atoms with van der Waals surface area (Å²) in [6.07, 6.45) is 0. The van der Waals surface area contributed by atoms with Gasteiger partial charge in [0.05, 0.1) is 12.1 Å². The zero-order chi connectivity index (χ0) is 12.5. The summed E-state index contributed by atoms with van der Waals surface area (Å²) in [4.78, 5) is 11.1. The average molecular weight is 235 g/mol. The first-order valence-electron chi connectivity index (χ1n) is 5.32. The van der Waals surface area contributed by atoms with Crippen LogP contribution < -0.4 is 5.32 Å². The van der Waals surface area contributed by atoms with Crippen LogP contribution in [0.5, 0.6) is 0 Å². The van der Waals surface area contributed by atoms with E-state index < -0.39 is 0 Å². The Hall–Kier alpha value is -1.86. The zero-order valence-electron chi connectivity index (χ0n) is 9.63. The molecule has 0 saturated heterocycles. The lowest BCUT2D eigenvalue weighted by Gasteiger charge is -2.00. The van der Waals surface area contributed by atoms with Gasteiger partial charge in [-0.15, -0.1) is 0 Å². The van der Waals surface area contributed by atoms with E-state index in [1.54, 1.807) is 18.2 Å². The minimum atomic E-state index is -0.361. The molecule has 0 aliphatic carbocycles. The van der Waals surface area contributed by atoms with E-state index in [0.717, 1.165) is 0 Å². The van der Waals surface area contributed by atoms with Crippen LogP contribution >= 0.6 is 0 Å². The molecule has 1 aromatic carbocycles. The second-order valence-corrected chi connectivity index (χ2v) is 3.20. The lowest BCUT2D eigenvalue weighted by Crippen LogP contribution is -2.27. The quantitative estimate of drug-likeness (QED) is 0.799. The van der Waals surface area contributed by atoms with Gasteiger partial charge in [0.2, 0.25) is 5.91 Å². The van der Waals surface area contributed by atoms with E-state index >= 15 is 0 Å². The first kappa shape index (κ1) is 13.2. The number of ether oxygens (including phenoxy) is 1. The Morgan fingerprint density at radius 1 is 1.47 bits per heavy atom. The van der Waals surface area contributed by atoms with Crippen LogP contribution in [-0.4, -0.2) is 25.7 Å². The highest BCUT2D eigenvalue weighted by Crippen LogP contribution is 2.03. The fourth-order valence-corrected chi connectivity index (χ4v) is 1.09. The number of amides is 1. The van der Waals surface area contributed by atoms with E-state index in [4.69, 9.17) is 4.74 Å². The third kappa shape index (κ3) is 5.14. The maximum atomic E-state index is 13.1. The Kier molecular flexibility index (Phi) is 5.76. The van der Waals surface area contributed by atoms with Crippen LogP contribution in [0.1, 0.15) is 12.5 Å². The summed E-state index contributed by atoms with van der Waals surface area (Å²) in [5, 5.41) is 2.55. The fraction of sp³-hybridized carbons (Fsp3) is 0.308. The van der Waals surface area contributed by atoms with Gasteiger partial charge < -0.3 is 10.1 Å². The third-order valence-electron chi connectivity index (χ3n) is 1.91. The van der Waals surface area contributed by atoms with Crippen molar-refractivity contribution in [1.82, 2.24) is 5.32 Å². The topological polar surface area (TPSA) is 38.3 Å². The second-order valence-electron chi connectivity index (χ2n) is 3.20. The maximum Gasteiger partial charge on any atom is 0.246 e. The summed E-state index contributed by atoms with van der Waals surface area (Å²) in [6, 6.07) is 6.24. The molecule has 17 heavy (non-hydrogen) atoms. The van der Waals surface area contributed by atoms with Crippen LogP contribution in [0.4, 0.5) is 4.39 Å². The van der Waals surface area contributed by atoms with Crippen LogP contribution in [0.25, 0.3) is 0 Å². The van der Waals surface area contributed by atoms with Gasteiger partial charge in [-0.1, -0.05) is 24.0 Å². The molecule has 3 nitrogen and oxygen atoms in total. The van der Waals surface area contributed by atoms with Gasteiger partial charge in [-0.3, -0.25) is 4.79 Å². The van der Waals surface area contributed by atoms with Gasteiger partial charge in [0.1, 0.15) is 12.4 Å². The number of nitrogens with one attached hydrogen (secondary N) is 1. The molecule has 0 heterocycles. The number of halogens is 1. The Morgan fingerprint density at radius 2 is 2.24 bits per heavy atom. The van der Waals surface area contributed by atoms with E-state index in [1.165, 1.54) is 6.07 Å². The zero-order valence-corrected chi connectivity index (χ0v) is 9.63.